The zero-order valence-corrected chi connectivity index (χ0v) is 12.3. The molecule has 0 aliphatic rings. The summed E-state index contributed by atoms with van der Waals surface area (Å²) < 4.78 is 0. The average Bonchev–Trinajstić information content (AvgIpc) is 2.53. The monoisotopic (exact) mass is 283 g/mol. The SMILES string of the molecule is CN(Cc1ccccc1)C(=O)CCNCc1ccccn1. The lowest BCUT2D eigenvalue weighted by atomic mass is 10.2. The molecular weight excluding hydrogens is 262 g/mol. The predicted molar refractivity (Wildman–Crippen MR) is 83.5 cm³/mol. The third-order valence-corrected chi connectivity index (χ3v) is 3.24. The molecule has 0 saturated carbocycles. The van der Waals surface area contributed by atoms with Gasteiger partial charge in [0, 0.05) is 39.3 Å². The Kier molecular flexibility index (Phi) is 5.91. The summed E-state index contributed by atoms with van der Waals surface area (Å²) in [5.41, 5.74) is 2.14. The maximum Gasteiger partial charge on any atom is 0.223 e. The summed E-state index contributed by atoms with van der Waals surface area (Å²) in [5, 5.41) is 3.24. The zero-order valence-electron chi connectivity index (χ0n) is 12.3. The highest BCUT2D eigenvalue weighted by Crippen LogP contribution is 2.03. The van der Waals surface area contributed by atoms with E-state index in [-0.39, 0.29) is 5.91 Å². The lowest BCUT2D eigenvalue weighted by Gasteiger charge is -2.17. The van der Waals surface area contributed by atoms with Crippen molar-refractivity contribution in [3.8, 4) is 0 Å². The van der Waals surface area contributed by atoms with Crippen LogP contribution in [0.2, 0.25) is 0 Å². The third kappa shape index (κ3) is 5.36. The van der Waals surface area contributed by atoms with Crippen molar-refractivity contribution >= 4 is 5.91 Å². The maximum atomic E-state index is 12.0. The van der Waals surface area contributed by atoms with Crippen LogP contribution in [0.25, 0.3) is 0 Å². The van der Waals surface area contributed by atoms with E-state index in [9.17, 15) is 4.79 Å². The van der Waals surface area contributed by atoms with Gasteiger partial charge in [-0.2, -0.15) is 0 Å². The normalized spacial score (nSPS) is 10.3. The van der Waals surface area contributed by atoms with E-state index in [1.165, 1.54) is 0 Å². The zero-order chi connectivity index (χ0) is 14.9. The Morgan fingerprint density at radius 3 is 2.62 bits per heavy atom. The second-order valence-electron chi connectivity index (χ2n) is 4.98. The fourth-order valence-corrected chi connectivity index (χ4v) is 2.05. The quantitative estimate of drug-likeness (QED) is 0.793. The molecular formula is C17H21N3O. The highest BCUT2D eigenvalue weighted by Gasteiger charge is 2.08. The van der Waals surface area contributed by atoms with Gasteiger partial charge in [-0.25, -0.2) is 0 Å². The summed E-state index contributed by atoms with van der Waals surface area (Å²) in [6, 6.07) is 15.8. The molecule has 4 nitrogen and oxygen atoms in total. The minimum absolute atomic E-state index is 0.146. The van der Waals surface area contributed by atoms with Gasteiger partial charge in [-0.3, -0.25) is 9.78 Å². The van der Waals surface area contributed by atoms with Gasteiger partial charge in [0.05, 0.1) is 5.69 Å². The fraction of sp³-hybridized carbons (Fsp3) is 0.294. The average molecular weight is 283 g/mol. The van der Waals surface area contributed by atoms with Crippen LogP contribution in [0, 0.1) is 0 Å². The van der Waals surface area contributed by atoms with Crippen molar-refractivity contribution in [2.75, 3.05) is 13.6 Å². The molecule has 4 heteroatoms. The number of rotatable bonds is 7. The third-order valence-electron chi connectivity index (χ3n) is 3.24. The number of amides is 1. The molecule has 1 N–H and O–H groups in total. The van der Waals surface area contributed by atoms with Crippen LogP contribution < -0.4 is 5.32 Å². The first-order chi connectivity index (χ1) is 10.3. The number of nitrogens with zero attached hydrogens (tertiary/aromatic N) is 2. The van der Waals surface area contributed by atoms with Crippen molar-refractivity contribution in [2.24, 2.45) is 0 Å². The van der Waals surface area contributed by atoms with Gasteiger partial charge in [-0.05, 0) is 17.7 Å². The Morgan fingerprint density at radius 2 is 1.90 bits per heavy atom. The van der Waals surface area contributed by atoms with Crippen LogP contribution >= 0.6 is 0 Å². The molecule has 1 aromatic carbocycles. The highest BCUT2D eigenvalue weighted by molar-refractivity contribution is 5.76. The summed E-state index contributed by atoms with van der Waals surface area (Å²) in [6.45, 7) is 2.00. The first kappa shape index (κ1) is 15.2. The molecule has 0 unspecified atom stereocenters. The van der Waals surface area contributed by atoms with Crippen molar-refractivity contribution in [3.05, 3.63) is 66.0 Å². The van der Waals surface area contributed by atoms with Crippen LogP contribution in [0.5, 0.6) is 0 Å². The molecule has 110 valence electrons. The summed E-state index contributed by atoms with van der Waals surface area (Å²) in [7, 11) is 1.84. The van der Waals surface area contributed by atoms with E-state index in [4.69, 9.17) is 0 Å². The molecule has 0 fully saturated rings. The Labute approximate surface area is 125 Å². The van der Waals surface area contributed by atoms with E-state index in [1.54, 1.807) is 11.1 Å². The molecule has 0 spiro atoms. The molecule has 0 aliphatic heterocycles. The Morgan fingerprint density at radius 1 is 1.14 bits per heavy atom. The largest absolute Gasteiger partial charge is 0.341 e. The number of pyridine rings is 1. The number of aromatic nitrogens is 1. The summed E-state index contributed by atoms with van der Waals surface area (Å²) in [5.74, 6) is 0.146. The summed E-state index contributed by atoms with van der Waals surface area (Å²) in [6.07, 6.45) is 2.27. The predicted octanol–water partition coefficient (Wildman–Crippen LogP) is 2.22. The molecule has 0 bridgehead atoms. The van der Waals surface area contributed by atoms with E-state index in [0.717, 1.165) is 11.3 Å². The Balaban J connectivity index is 1.67. The second kappa shape index (κ2) is 8.17. The first-order valence-electron chi connectivity index (χ1n) is 7.14. The second-order valence-corrected chi connectivity index (χ2v) is 4.98. The van der Waals surface area contributed by atoms with Crippen LogP contribution in [0.3, 0.4) is 0 Å². The van der Waals surface area contributed by atoms with E-state index in [2.05, 4.69) is 10.3 Å². The Bertz CT molecular complexity index is 542. The van der Waals surface area contributed by atoms with Crippen molar-refractivity contribution in [2.45, 2.75) is 19.5 Å². The van der Waals surface area contributed by atoms with Gasteiger partial charge in [-0.1, -0.05) is 36.4 Å². The lowest BCUT2D eigenvalue weighted by molar-refractivity contribution is -0.130. The standard InChI is InChI=1S/C17H21N3O/c1-20(14-15-7-3-2-4-8-15)17(21)10-12-18-13-16-9-5-6-11-19-16/h2-9,11,18H,10,12-14H2,1H3. The molecule has 1 amide bonds. The molecule has 0 radical (unpaired) electrons. The van der Waals surface area contributed by atoms with Crippen LogP contribution in [0.15, 0.2) is 54.7 Å². The van der Waals surface area contributed by atoms with Gasteiger partial charge in [0.25, 0.3) is 0 Å². The van der Waals surface area contributed by atoms with Crippen LogP contribution in [0.1, 0.15) is 17.7 Å². The molecule has 2 rings (SSSR count). The summed E-state index contributed by atoms with van der Waals surface area (Å²) in [4.78, 5) is 18.0. The minimum atomic E-state index is 0.146. The van der Waals surface area contributed by atoms with Crippen LogP contribution in [-0.4, -0.2) is 29.4 Å². The molecule has 1 heterocycles. The van der Waals surface area contributed by atoms with Gasteiger partial charge < -0.3 is 10.2 Å². The van der Waals surface area contributed by atoms with Gasteiger partial charge in [0.15, 0.2) is 0 Å². The molecule has 0 saturated heterocycles. The smallest absolute Gasteiger partial charge is 0.223 e. The number of carbonyl (C=O) groups excluding carboxylic acids is 1. The van der Waals surface area contributed by atoms with Gasteiger partial charge in [-0.15, -0.1) is 0 Å². The molecule has 21 heavy (non-hydrogen) atoms. The van der Waals surface area contributed by atoms with E-state index < -0.39 is 0 Å². The molecule has 0 aliphatic carbocycles. The lowest BCUT2D eigenvalue weighted by Crippen LogP contribution is -2.29. The number of hydrogen-bond donors (Lipinski definition) is 1. The number of benzene rings is 1. The first-order valence-corrected chi connectivity index (χ1v) is 7.14. The molecule has 1 aromatic heterocycles. The topological polar surface area (TPSA) is 45.2 Å². The van der Waals surface area contributed by atoms with Crippen molar-refractivity contribution in [1.29, 1.82) is 0 Å². The molecule has 0 atom stereocenters. The number of carbonyl (C=O) groups is 1. The van der Waals surface area contributed by atoms with Gasteiger partial charge >= 0.3 is 0 Å². The maximum absolute atomic E-state index is 12.0. The number of nitrogens with one attached hydrogen (secondary N) is 1. The van der Waals surface area contributed by atoms with Crippen LogP contribution in [-0.2, 0) is 17.9 Å². The molecule has 2 aromatic rings. The van der Waals surface area contributed by atoms with Crippen molar-refractivity contribution < 1.29 is 4.79 Å². The van der Waals surface area contributed by atoms with Crippen molar-refractivity contribution in [1.82, 2.24) is 15.2 Å². The highest BCUT2D eigenvalue weighted by atomic mass is 16.2. The van der Waals surface area contributed by atoms with Crippen LogP contribution in [0.4, 0.5) is 0 Å². The van der Waals surface area contributed by atoms with Gasteiger partial charge in [0.2, 0.25) is 5.91 Å². The number of hydrogen-bond acceptors (Lipinski definition) is 3. The summed E-state index contributed by atoms with van der Waals surface area (Å²) >= 11 is 0. The van der Waals surface area contributed by atoms with E-state index >= 15 is 0 Å². The Hall–Kier alpha value is -2.20. The van der Waals surface area contributed by atoms with E-state index in [1.807, 2.05) is 55.6 Å². The minimum Gasteiger partial charge on any atom is -0.341 e. The van der Waals surface area contributed by atoms with E-state index in [0.29, 0.717) is 26.1 Å². The van der Waals surface area contributed by atoms with Crippen molar-refractivity contribution in [3.63, 3.8) is 0 Å². The fourth-order valence-electron chi connectivity index (χ4n) is 2.05. The van der Waals surface area contributed by atoms with Gasteiger partial charge in [0.1, 0.15) is 0 Å².